The number of aromatic nitrogens is 2. The molecule has 0 radical (unpaired) electrons. The van der Waals surface area contributed by atoms with Gasteiger partial charge in [0.1, 0.15) is 0 Å². The minimum atomic E-state index is -0.709. The highest BCUT2D eigenvalue weighted by molar-refractivity contribution is 6.11. The average Bonchev–Trinajstić information content (AvgIpc) is 1.64. The first kappa shape index (κ1) is 47.2. The molecule has 5 aliphatic carbocycles. The van der Waals surface area contributed by atoms with Gasteiger partial charge in [-0.3, -0.25) is 0 Å². The van der Waals surface area contributed by atoms with Crippen molar-refractivity contribution in [3.63, 3.8) is 0 Å². The molecule has 1 saturated carbocycles. The molecule has 5 unspecified atom stereocenters. The van der Waals surface area contributed by atoms with E-state index in [1.54, 1.807) is 0 Å². The van der Waals surface area contributed by atoms with Crippen LogP contribution in [0.2, 0.25) is 0 Å². The van der Waals surface area contributed by atoms with E-state index in [-0.39, 0.29) is 12.0 Å². The molecule has 4 heterocycles. The van der Waals surface area contributed by atoms with Gasteiger partial charge in [-0.05, 0) is 191 Å². The maximum atomic E-state index is 2.67. The highest BCUT2D eigenvalue weighted by Gasteiger charge is 2.52. The van der Waals surface area contributed by atoms with Gasteiger partial charge in [-0.1, -0.05) is 164 Å². The van der Waals surface area contributed by atoms with Crippen LogP contribution in [0.15, 0.2) is 285 Å². The molecule has 19 rings (SSSR count). The van der Waals surface area contributed by atoms with Gasteiger partial charge in [0.2, 0.25) is 0 Å². The fourth-order valence-corrected chi connectivity index (χ4v) is 16.3. The smallest absolute Gasteiger partial charge is 0.0756 e. The van der Waals surface area contributed by atoms with Crippen molar-refractivity contribution in [3.8, 4) is 22.5 Å². The summed E-state index contributed by atoms with van der Waals surface area (Å²) < 4.78 is 5.01. The fraction of sp³-hybridized carbons (Fsp3) is 0.100. The topological polar surface area (TPSA) is 19.6 Å². The second-order valence-corrected chi connectivity index (χ2v) is 24.2. The first-order valence-corrected chi connectivity index (χ1v) is 30.4. The zero-order chi connectivity index (χ0) is 55.5. The number of rotatable bonds is 8. The zero-order valence-corrected chi connectivity index (χ0v) is 46.8. The Kier molecular flexibility index (Phi) is 9.89. The van der Waals surface area contributed by atoms with Crippen LogP contribution in [0.1, 0.15) is 57.8 Å². The summed E-state index contributed by atoms with van der Waals surface area (Å²) in [6.07, 6.45) is 24.5. The lowest BCUT2D eigenvalue weighted by Crippen LogP contribution is -2.34. The Hall–Kier alpha value is -10.4. The summed E-state index contributed by atoms with van der Waals surface area (Å²) >= 11 is 0. The van der Waals surface area contributed by atoms with E-state index in [9.17, 15) is 0 Å². The SMILES string of the molecule is C1=CC2CC2C(N2c3ccc(N(c4ccccc4)c4ccc5c(c4)C4(c6cc(N(c7ccccc7)c7ccc8c(c7)c7ccccc7n8-c7ccccc7)ccc6-5)c5ccccc5-n5c6c(c7cccc4c75)CCC=C6)cc3C3C=CC=CC32)=C1. The minimum Gasteiger partial charge on any atom is -0.337 e. The molecule has 1 spiro atoms. The number of allylic oxidation sites excluding steroid dienone is 7. The lowest BCUT2D eigenvalue weighted by molar-refractivity contribution is 0.689. The summed E-state index contributed by atoms with van der Waals surface area (Å²) in [6, 6.07) is 87.6. The van der Waals surface area contributed by atoms with Crippen molar-refractivity contribution in [3.05, 3.63) is 324 Å². The van der Waals surface area contributed by atoms with Crippen LogP contribution in [-0.4, -0.2) is 15.2 Å². The highest BCUT2D eigenvalue weighted by Crippen LogP contribution is 2.63. The summed E-state index contributed by atoms with van der Waals surface area (Å²) in [5.74, 6) is 1.50. The molecule has 0 bridgehead atoms. The number of hydrogen-bond acceptors (Lipinski definition) is 3. The summed E-state index contributed by atoms with van der Waals surface area (Å²) in [5, 5.41) is 3.79. The normalized spacial score (nSPS) is 20.2. The number of para-hydroxylation sites is 6. The molecule has 85 heavy (non-hydrogen) atoms. The maximum absolute atomic E-state index is 2.67. The monoisotopic (exact) mass is 1090 g/mol. The lowest BCUT2D eigenvalue weighted by Gasteiger charge is -2.40. The first-order chi connectivity index (χ1) is 42.2. The van der Waals surface area contributed by atoms with Gasteiger partial charge in [-0.15, -0.1) is 0 Å². The molecule has 5 nitrogen and oxygen atoms in total. The minimum absolute atomic E-state index is 0.247. The Morgan fingerprint density at radius 1 is 0.447 bits per heavy atom. The largest absolute Gasteiger partial charge is 0.337 e. The predicted octanol–water partition coefficient (Wildman–Crippen LogP) is 19.8. The summed E-state index contributed by atoms with van der Waals surface area (Å²) in [5.41, 5.74) is 26.7. The van der Waals surface area contributed by atoms with Gasteiger partial charge >= 0.3 is 0 Å². The van der Waals surface area contributed by atoms with Gasteiger partial charge in [0.05, 0.1) is 33.7 Å². The Bertz CT molecular complexity index is 4970. The van der Waals surface area contributed by atoms with Crippen molar-refractivity contribution < 1.29 is 0 Å². The first-order valence-electron chi connectivity index (χ1n) is 30.4. The van der Waals surface area contributed by atoms with Crippen molar-refractivity contribution in [2.45, 2.75) is 36.6 Å². The number of aryl methyl sites for hydroxylation is 1. The van der Waals surface area contributed by atoms with Crippen LogP contribution in [0, 0.1) is 11.8 Å². The number of nitrogens with zero attached hydrogens (tertiary/aromatic N) is 5. The molecular formula is C80H57N5. The van der Waals surface area contributed by atoms with Crippen LogP contribution in [0.25, 0.3) is 61.3 Å². The van der Waals surface area contributed by atoms with E-state index in [4.69, 9.17) is 0 Å². The summed E-state index contributed by atoms with van der Waals surface area (Å²) in [4.78, 5) is 7.67. The third-order valence-corrected chi connectivity index (χ3v) is 19.9. The van der Waals surface area contributed by atoms with Crippen LogP contribution in [0.5, 0.6) is 0 Å². The number of fused-ring (bicyclic) bond motifs is 19. The third-order valence-electron chi connectivity index (χ3n) is 19.9. The quantitative estimate of drug-likeness (QED) is 0.151. The van der Waals surface area contributed by atoms with Gasteiger partial charge in [0.15, 0.2) is 0 Å². The van der Waals surface area contributed by atoms with E-state index >= 15 is 0 Å². The summed E-state index contributed by atoms with van der Waals surface area (Å²) in [7, 11) is 0. The molecule has 2 aromatic heterocycles. The average molecular weight is 1090 g/mol. The van der Waals surface area contributed by atoms with Gasteiger partial charge in [-0.25, -0.2) is 0 Å². The fourth-order valence-electron chi connectivity index (χ4n) is 16.3. The molecule has 0 N–H and O–H groups in total. The molecule has 1 fully saturated rings. The second-order valence-electron chi connectivity index (χ2n) is 24.2. The number of benzene rings is 10. The second kappa shape index (κ2) is 17.8. The maximum Gasteiger partial charge on any atom is 0.0756 e. The van der Waals surface area contributed by atoms with Crippen molar-refractivity contribution in [1.29, 1.82) is 0 Å². The van der Waals surface area contributed by atoms with Gasteiger partial charge in [0, 0.05) is 84.9 Å². The van der Waals surface area contributed by atoms with E-state index in [2.05, 4.69) is 309 Å². The number of hydrogen-bond donors (Lipinski definition) is 0. The molecule has 5 heteroatoms. The Morgan fingerprint density at radius 2 is 1.08 bits per heavy atom. The lowest BCUT2D eigenvalue weighted by atomic mass is 9.65. The molecule has 5 atom stereocenters. The van der Waals surface area contributed by atoms with Crippen LogP contribution in [-0.2, 0) is 11.8 Å². The predicted molar refractivity (Wildman–Crippen MR) is 351 cm³/mol. The van der Waals surface area contributed by atoms with Gasteiger partial charge < -0.3 is 23.8 Å². The van der Waals surface area contributed by atoms with E-state index in [1.807, 2.05) is 0 Å². The Labute approximate surface area is 494 Å². The molecule has 2 aliphatic heterocycles. The third kappa shape index (κ3) is 6.58. The van der Waals surface area contributed by atoms with E-state index in [0.29, 0.717) is 11.8 Å². The van der Waals surface area contributed by atoms with Crippen molar-refractivity contribution in [2.24, 2.45) is 11.8 Å². The van der Waals surface area contributed by atoms with Crippen LogP contribution < -0.4 is 14.7 Å². The van der Waals surface area contributed by atoms with Gasteiger partial charge in [-0.2, -0.15) is 0 Å². The number of anilines is 7. The summed E-state index contributed by atoms with van der Waals surface area (Å²) in [6.45, 7) is 0. The Morgan fingerprint density at radius 3 is 1.87 bits per heavy atom. The molecular weight excluding hydrogens is 1030 g/mol. The Balaban J connectivity index is 0.845. The molecule has 10 aromatic carbocycles. The van der Waals surface area contributed by atoms with Crippen molar-refractivity contribution in [1.82, 2.24) is 9.13 Å². The molecule has 0 saturated heterocycles. The molecule has 402 valence electrons. The van der Waals surface area contributed by atoms with Crippen LogP contribution in [0.3, 0.4) is 0 Å². The molecule has 0 amide bonds. The van der Waals surface area contributed by atoms with Gasteiger partial charge in [0.25, 0.3) is 0 Å². The van der Waals surface area contributed by atoms with Crippen LogP contribution in [0.4, 0.5) is 39.8 Å². The standard InChI is InChI=1S/C80H57N5/c1-4-21-52(22-5-1)81(55-40-44-76-66(47-55)62-28-11-14-33-72(62)83(76)54-25-8-3-9-26-54)57-38-42-59-60-43-39-58(50-71(60)80(70(59)49-57)68-31-13-17-36-78(68)85-74-35-16-10-27-61(74)64-30-19-32-69(80)79(64)85)82(53-23-6-2-7-24-53)56-41-45-77-67(48-56)63-29-12-15-34-73(63)84(77)75-37-18-20-51-46-65(51)75/h1-9,11-26,28-45,47-51,63,65,73H,10,27,46H2. The van der Waals surface area contributed by atoms with Crippen LogP contribution >= 0.6 is 0 Å². The van der Waals surface area contributed by atoms with Crippen molar-refractivity contribution >= 4 is 78.6 Å². The molecule has 7 aliphatic rings. The van der Waals surface area contributed by atoms with E-state index in [1.165, 1.54) is 106 Å². The van der Waals surface area contributed by atoms with Crippen molar-refractivity contribution in [2.75, 3.05) is 14.7 Å². The van der Waals surface area contributed by atoms with E-state index in [0.717, 1.165) is 52.7 Å². The zero-order valence-electron chi connectivity index (χ0n) is 46.8. The van der Waals surface area contributed by atoms with E-state index < -0.39 is 5.41 Å². The molecule has 12 aromatic rings. The highest BCUT2D eigenvalue weighted by atomic mass is 15.2.